The van der Waals surface area contributed by atoms with Gasteiger partial charge in [-0.1, -0.05) is 13.8 Å². The van der Waals surface area contributed by atoms with Crippen molar-refractivity contribution in [2.75, 3.05) is 19.8 Å². The lowest BCUT2D eigenvalue weighted by Gasteiger charge is -2.44. The van der Waals surface area contributed by atoms with Crippen LogP contribution in [0.1, 0.15) is 40.0 Å². The second-order valence-electron chi connectivity index (χ2n) is 6.32. The molecule has 0 spiro atoms. The van der Waals surface area contributed by atoms with Crippen LogP contribution >= 0.6 is 0 Å². The van der Waals surface area contributed by atoms with Crippen molar-refractivity contribution in [2.24, 2.45) is 17.3 Å². The molecule has 0 aromatic heterocycles. The zero-order chi connectivity index (χ0) is 14.0. The Kier molecular flexibility index (Phi) is 4.15. The third-order valence-electron chi connectivity index (χ3n) is 4.83. The molecule has 0 radical (unpaired) electrons. The van der Waals surface area contributed by atoms with Crippen LogP contribution in [0, 0.1) is 28.6 Å². The number of hydrogen-bond donors (Lipinski definition) is 0. The smallest absolute Gasteiger partial charge is 0.243 e. The summed E-state index contributed by atoms with van der Waals surface area (Å²) in [7, 11) is 0. The highest BCUT2D eigenvalue weighted by molar-refractivity contribution is 5.86. The van der Waals surface area contributed by atoms with Crippen LogP contribution in [0.25, 0.3) is 0 Å². The van der Waals surface area contributed by atoms with Crippen LogP contribution in [0.15, 0.2) is 0 Å². The molecule has 2 fully saturated rings. The Morgan fingerprint density at radius 2 is 1.95 bits per heavy atom. The summed E-state index contributed by atoms with van der Waals surface area (Å²) in [4.78, 5) is 14.8. The summed E-state index contributed by atoms with van der Waals surface area (Å²) >= 11 is 0. The molecular weight excluding hydrogens is 240 g/mol. The number of carbonyl (C=O) groups excluding carboxylic acids is 1. The number of likely N-dealkylation sites (tertiary alicyclic amines) is 1. The molecule has 2 aliphatic heterocycles. The minimum absolute atomic E-state index is 0.0317. The standard InChI is InChI=1S/C15H24N2O2/c1-11-8-12(2)13(3)17(9-11)14(18)15(10-16)4-6-19-7-5-15/h11-13H,4-9H2,1-3H3. The first-order valence-electron chi connectivity index (χ1n) is 7.30. The van der Waals surface area contributed by atoms with E-state index in [1.165, 1.54) is 0 Å². The number of piperidine rings is 1. The number of hydrogen-bond acceptors (Lipinski definition) is 3. The van der Waals surface area contributed by atoms with Crippen LogP contribution < -0.4 is 0 Å². The van der Waals surface area contributed by atoms with Crippen molar-refractivity contribution >= 4 is 5.91 Å². The number of rotatable bonds is 1. The molecule has 0 aliphatic carbocycles. The minimum atomic E-state index is -0.844. The highest BCUT2D eigenvalue weighted by atomic mass is 16.5. The molecule has 0 aromatic carbocycles. The number of nitriles is 1. The summed E-state index contributed by atoms with van der Waals surface area (Å²) in [6, 6.07) is 2.53. The normalized spacial score (nSPS) is 34.6. The van der Waals surface area contributed by atoms with E-state index in [1.807, 2.05) is 4.90 Å². The first-order chi connectivity index (χ1) is 9.00. The van der Waals surface area contributed by atoms with Crippen LogP contribution in [-0.2, 0) is 9.53 Å². The second-order valence-corrected chi connectivity index (χ2v) is 6.32. The van der Waals surface area contributed by atoms with Gasteiger partial charge in [0, 0.05) is 25.8 Å². The lowest BCUT2D eigenvalue weighted by molar-refractivity contribution is -0.149. The van der Waals surface area contributed by atoms with E-state index in [0.29, 0.717) is 37.9 Å². The monoisotopic (exact) mass is 264 g/mol. The van der Waals surface area contributed by atoms with Crippen LogP contribution in [0.4, 0.5) is 0 Å². The van der Waals surface area contributed by atoms with Gasteiger partial charge in [0.25, 0.3) is 0 Å². The summed E-state index contributed by atoms with van der Waals surface area (Å²) in [5.41, 5.74) is -0.844. The molecule has 106 valence electrons. The van der Waals surface area contributed by atoms with Gasteiger partial charge in [-0.3, -0.25) is 4.79 Å². The van der Waals surface area contributed by atoms with Crippen molar-refractivity contribution in [1.82, 2.24) is 4.90 Å². The van der Waals surface area contributed by atoms with Crippen molar-refractivity contribution in [3.8, 4) is 6.07 Å². The van der Waals surface area contributed by atoms with E-state index in [1.54, 1.807) is 0 Å². The zero-order valence-electron chi connectivity index (χ0n) is 12.2. The SMILES string of the molecule is CC1CC(C)C(C)N(C(=O)C2(C#N)CCOCC2)C1. The van der Waals surface area contributed by atoms with Gasteiger partial charge in [-0.2, -0.15) is 5.26 Å². The fourth-order valence-electron chi connectivity index (χ4n) is 3.35. The van der Waals surface area contributed by atoms with Gasteiger partial charge in [-0.15, -0.1) is 0 Å². The summed E-state index contributed by atoms with van der Waals surface area (Å²) in [6.45, 7) is 8.32. The first-order valence-corrected chi connectivity index (χ1v) is 7.30. The van der Waals surface area contributed by atoms with Gasteiger partial charge < -0.3 is 9.64 Å². The van der Waals surface area contributed by atoms with E-state index < -0.39 is 5.41 Å². The van der Waals surface area contributed by atoms with Crippen molar-refractivity contribution in [3.63, 3.8) is 0 Å². The summed E-state index contributed by atoms with van der Waals surface area (Å²) in [5.74, 6) is 1.05. The van der Waals surface area contributed by atoms with E-state index in [2.05, 4.69) is 26.8 Å². The van der Waals surface area contributed by atoms with E-state index in [4.69, 9.17) is 4.74 Å². The van der Waals surface area contributed by atoms with E-state index in [0.717, 1.165) is 13.0 Å². The van der Waals surface area contributed by atoms with Gasteiger partial charge in [-0.05, 0) is 38.0 Å². The maximum atomic E-state index is 12.9. The summed E-state index contributed by atoms with van der Waals surface area (Å²) in [5, 5.41) is 9.51. The molecule has 0 bridgehead atoms. The predicted octanol–water partition coefficient (Wildman–Crippen LogP) is 2.20. The van der Waals surface area contributed by atoms with Crippen LogP contribution in [0.2, 0.25) is 0 Å². The Morgan fingerprint density at radius 1 is 1.32 bits per heavy atom. The van der Waals surface area contributed by atoms with Gasteiger partial charge in [-0.25, -0.2) is 0 Å². The Labute approximate surface area is 115 Å². The fraction of sp³-hybridized carbons (Fsp3) is 0.867. The van der Waals surface area contributed by atoms with Crippen LogP contribution in [-0.4, -0.2) is 36.6 Å². The van der Waals surface area contributed by atoms with Crippen molar-refractivity contribution in [1.29, 1.82) is 5.26 Å². The largest absolute Gasteiger partial charge is 0.381 e. The molecule has 3 unspecified atom stereocenters. The highest BCUT2D eigenvalue weighted by Gasteiger charge is 2.46. The molecule has 4 nitrogen and oxygen atoms in total. The van der Waals surface area contributed by atoms with Crippen LogP contribution in [0.5, 0.6) is 0 Å². The Hall–Kier alpha value is -1.08. The molecule has 19 heavy (non-hydrogen) atoms. The van der Waals surface area contributed by atoms with E-state index in [9.17, 15) is 10.1 Å². The second kappa shape index (κ2) is 5.50. The van der Waals surface area contributed by atoms with Crippen molar-refractivity contribution in [3.05, 3.63) is 0 Å². The van der Waals surface area contributed by atoms with Gasteiger partial charge in [0.2, 0.25) is 5.91 Å². The number of amides is 1. The van der Waals surface area contributed by atoms with Crippen molar-refractivity contribution in [2.45, 2.75) is 46.1 Å². The number of carbonyl (C=O) groups is 1. The Balaban J connectivity index is 2.19. The van der Waals surface area contributed by atoms with E-state index in [-0.39, 0.29) is 11.9 Å². The minimum Gasteiger partial charge on any atom is -0.381 e. The molecule has 2 rings (SSSR count). The molecular formula is C15H24N2O2. The lowest BCUT2D eigenvalue weighted by Crippen LogP contribution is -2.55. The molecule has 4 heteroatoms. The van der Waals surface area contributed by atoms with Gasteiger partial charge in [0.1, 0.15) is 5.41 Å². The quantitative estimate of drug-likeness (QED) is 0.729. The maximum absolute atomic E-state index is 12.9. The molecule has 0 N–H and O–H groups in total. The van der Waals surface area contributed by atoms with Gasteiger partial charge >= 0.3 is 0 Å². The average molecular weight is 264 g/mol. The molecule has 3 atom stereocenters. The third kappa shape index (κ3) is 2.62. The fourth-order valence-corrected chi connectivity index (χ4v) is 3.35. The van der Waals surface area contributed by atoms with Gasteiger partial charge in [0.05, 0.1) is 6.07 Å². The maximum Gasteiger partial charge on any atom is 0.243 e. The van der Waals surface area contributed by atoms with Crippen LogP contribution in [0.3, 0.4) is 0 Å². The molecule has 0 aromatic rings. The average Bonchev–Trinajstić information content (AvgIpc) is 2.42. The zero-order valence-corrected chi connectivity index (χ0v) is 12.2. The number of ether oxygens (including phenoxy) is 1. The first kappa shape index (κ1) is 14.3. The summed E-state index contributed by atoms with van der Waals surface area (Å²) in [6.07, 6.45) is 2.23. The molecule has 0 saturated carbocycles. The topological polar surface area (TPSA) is 53.3 Å². The number of nitrogens with zero attached hydrogens (tertiary/aromatic N) is 2. The van der Waals surface area contributed by atoms with Gasteiger partial charge in [0.15, 0.2) is 0 Å². The summed E-state index contributed by atoms with van der Waals surface area (Å²) < 4.78 is 5.31. The molecule has 1 amide bonds. The van der Waals surface area contributed by atoms with E-state index >= 15 is 0 Å². The molecule has 2 heterocycles. The highest BCUT2D eigenvalue weighted by Crippen LogP contribution is 2.36. The Morgan fingerprint density at radius 3 is 2.53 bits per heavy atom. The molecule has 2 aliphatic rings. The third-order valence-corrected chi connectivity index (χ3v) is 4.83. The Bertz CT molecular complexity index is 382. The van der Waals surface area contributed by atoms with Crippen molar-refractivity contribution < 1.29 is 9.53 Å². The lowest BCUT2D eigenvalue weighted by atomic mass is 9.77. The molecule has 2 saturated heterocycles. The predicted molar refractivity (Wildman–Crippen MR) is 72.2 cm³/mol.